The molecule has 2 aromatic rings. The fourth-order valence-corrected chi connectivity index (χ4v) is 3.11. The Hall–Kier alpha value is -2.75. The highest BCUT2D eigenvalue weighted by atomic mass is 16.3. The van der Waals surface area contributed by atoms with Gasteiger partial charge in [-0.25, -0.2) is 0 Å². The standard InChI is InChI=1S/C19H20N4O2/c20-9-14-4-6-15(7-5-14)19(25)22-18-12-23(10-16(18)13-24)11-17-3-1-2-8-21-17/h1-8,16,18,24H,10-13H2,(H,22,25)/t16-,18+/m0/s1. The Labute approximate surface area is 146 Å². The van der Waals surface area contributed by atoms with Crippen LogP contribution < -0.4 is 5.32 Å². The Kier molecular flexibility index (Phi) is 5.39. The van der Waals surface area contributed by atoms with E-state index in [1.165, 1.54) is 0 Å². The molecule has 1 aromatic carbocycles. The van der Waals surface area contributed by atoms with Crippen molar-refractivity contribution in [2.24, 2.45) is 5.92 Å². The second-order valence-electron chi connectivity index (χ2n) is 6.23. The second-order valence-corrected chi connectivity index (χ2v) is 6.23. The maximum atomic E-state index is 12.4. The molecule has 3 rings (SSSR count). The lowest BCUT2D eigenvalue weighted by atomic mass is 10.0. The molecule has 0 radical (unpaired) electrons. The van der Waals surface area contributed by atoms with Gasteiger partial charge in [-0.1, -0.05) is 6.07 Å². The average Bonchev–Trinajstić information content (AvgIpc) is 3.03. The van der Waals surface area contributed by atoms with E-state index >= 15 is 0 Å². The summed E-state index contributed by atoms with van der Waals surface area (Å²) in [5.41, 5.74) is 2.00. The number of aliphatic hydroxyl groups is 1. The Morgan fingerprint density at radius 2 is 2.08 bits per heavy atom. The summed E-state index contributed by atoms with van der Waals surface area (Å²) in [6.45, 7) is 2.10. The summed E-state index contributed by atoms with van der Waals surface area (Å²) >= 11 is 0. The van der Waals surface area contributed by atoms with Gasteiger partial charge < -0.3 is 10.4 Å². The molecule has 2 atom stereocenters. The van der Waals surface area contributed by atoms with Crippen molar-refractivity contribution in [2.45, 2.75) is 12.6 Å². The number of nitrogens with one attached hydrogen (secondary N) is 1. The van der Waals surface area contributed by atoms with Crippen LogP contribution in [0.4, 0.5) is 0 Å². The van der Waals surface area contributed by atoms with Gasteiger partial charge in [0, 0.05) is 50.0 Å². The molecular weight excluding hydrogens is 316 g/mol. The Morgan fingerprint density at radius 1 is 1.28 bits per heavy atom. The number of hydrogen-bond acceptors (Lipinski definition) is 5. The molecule has 128 valence electrons. The van der Waals surface area contributed by atoms with E-state index in [4.69, 9.17) is 5.26 Å². The van der Waals surface area contributed by atoms with Gasteiger partial charge in [0.05, 0.1) is 17.3 Å². The lowest BCUT2D eigenvalue weighted by Gasteiger charge is -2.18. The molecule has 1 aliphatic rings. The molecule has 2 heterocycles. The van der Waals surface area contributed by atoms with Crippen LogP contribution in [0.25, 0.3) is 0 Å². The van der Waals surface area contributed by atoms with Crippen LogP contribution in [0, 0.1) is 17.2 Å². The molecule has 25 heavy (non-hydrogen) atoms. The van der Waals surface area contributed by atoms with Crippen LogP contribution >= 0.6 is 0 Å². The number of aliphatic hydroxyl groups excluding tert-OH is 1. The maximum absolute atomic E-state index is 12.4. The van der Waals surface area contributed by atoms with Crippen LogP contribution in [0.5, 0.6) is 0 Å². The number of nitrogens with zero attached hydrogens (tertiary/aromatic N) is 3. The monoisotopic (exact) mass is 336 g/mol. The Morgan fingerprint density at radius 3 is 2.72 bits per heavy atom. The number of amides is 1. The largest absolute Gasteiger partial charge is 0.396 e. The lowest BCUT2D eigenvalue weighted by Crippen LogP contribution is -2.41. The van der Waals surface area contributed by atoms with Crippen molar-refractivity contribution < 1.29 is 9.90 Å². The number of pyridine rings is 1. The van der Waals surface area contributed by atoms with Gasteiger partial charge in [-0.15, -0.1) is 0 Å². The zero-order chi connectivity index (χ0) is 17.6. The van der Waals surface area contributed by atoms with Gasteiger partial charge in [0.2, 0.25) is 0 Å². The third kappa shape index (κ3) is 4.21. The van der Waals surface area contributed by atoms with Gasteiger partial charge >= 0.3 is 0 Å². The molecule has 1 aromatic heterocycles. The molecule has 0 bridgehead atoms. The minimum absolute atomic E-state index is 0.00829. The molecule has 2 N–H and O–H groups in total. The topological polar surface area (TPSA) is 89.3 Å². The number of benzene rings is 1. The average molecular weight is 336 g/mol. The number of aromatic nitrogens is 1. The molecule has 1 fully saturated rings. The van der Waals surface area contributed by atoms with E-state index < -0.39 is 0 Å². The van der Waals surface area contributed by atoms with Crippen molar-refractivity contribution in [2.75, 3.05) is 19.7 Å². The van der Waals surface area contributed by atoms with Crippen LogP contribution in [0.1, 0.15) is 21.6 Å². The van der Waals surface area contributed by atoms with Crippen LogP contribution in [0.2, 0.25) is 0 Å². The van der Waals surface area contributed by atoms with E-state index in [2.05, 4.69) is 15.2 Å². The first-order valence-corrected chi connectivity index (χ1v) is 8.23. The summed E-state index contributed by atoms with van der Waals surface area (Å²) < 4.78 is 0. The van der Waals surface area contributed by atoms with E-state index in [9.17, 15) is 9.90 Å². The number of likely N-dealkylation sites (tertiary alicyclic amines) is 1. The SMILES string of the molecule is N#Cc1ccc(C(=O)N[C@@H]2CN(Cc3ccccn3)C[C@H]2CO)cc1. The van der Waals surface area contributed by atoms with E-state index in [-0.39, 0.29) is 24.5 Å². The van der Waals surface area contributed by atoms with Crippen molar-refractivity contribution in [1.29, 1.82) is 5.26 Å². The molecule has 6 nitrogen and oxygen atoms in total. The number of hydrogen-bond donors (Lipinski definition) is 2. The summed E-state index contributed by atoms with van der Waals surface area (Å²) in [5.74, 6) is -0.196. The van der Waals surface area contributed by atoms with E-state index in [0.29, 0.717) is 30.8 Å². The van der Waals surface area contributed by atoms with Crippen molar-refractivity contribution in [3.63, 3.8) is 0 Å². The first-order valence-electron chi connectivity index (χ1n) is 8.23. The second kappa shape index (κ2) is 7.88. The van der Waals surface area contributed by atoms with Crippen LogP contribution in [0.3, 0.4) is 0 Å². The highest BCUT2D eigenvalue weighted by Crippen LogP contribution is 2.19. The van der Waals surface area contributed by atoms with Gasteiger partial charge in [0.25, 0.3) is 5.91 Å². The van der Waals surface area contributed by atoms with Crippen LogP contribution in [-0.4, -0.2) is 46.6 Å². The summed E-state index contributed by atoms with van der Waals surface area (Å²) in [7, 11) is 0. The molecule has 1 saturated heterocycles. The van der Waals surface area contributed by atoms with Gasteiger partial charge in [0.15, 0.2) is 0 Å². The van der Waals surface area contributed by atoms with Gasteiger partial charge in [-0.05, 0) is 36.4 Å². The summed E-state index contributed by atoms with van der Waals surface area (Å²) in [4.78, 5) is 18.9. The van der Waals surface area contributed by atoms with Gasteiger partial charge in [0.1, 0.15) is 0 Å². The first kappa shape index (κ1) is 17.1. The third-order valence-electron chi connectivity index (χ3n) is 4.46. The normalized spacial score (nSPS) is 20.2. The maximum Gasteiger partial charge on any atom is 0.251 e. The summed E-state index contributed by atoms with van der Waals surface area (Å²) in [6.07, 6.45) is 1.76. The summed E-state index contributed by atoms with van der Waals surface area (Å²) in [5, 5.41) is 21.5. The van der Waals surface area contributed by atoms with E-state index in [1.807, 2.05) is 24.3 Å². The molecule has 1 amide bonds. The Bertz CT molecular complexity index is 755. The zero-order valence-electron chi connectivity index (χ0n) is 13.8. The zero-order valence-corrected chi connectivity index (χ0v) is 13.8. The molecule has 6 heteroatoms. The van der Waals surface area contributed by atoms with Crippen LogP contribution in [0.15, 0.2) is 48.7 Å². The lowest BCUT2D eigenvalue weighted by molar-refractivity contribution is 0.0921. The van der Waals surface area contributed by atoms with Crippen molar-refractivity contribution in [3.8, 4) is 6.07 Å². The minimum atomic E-state index is -0.187. The smallest absolute Gasteiger partial charge is 0.251 e. The molecular formula is C19H20N4O2. The highest BCUT2D eigenvalue weighted by Gasteiger charge is 2.33. The molecule has 0 spiro atoms. The van der Waals surface area contributed by atoms with Crippen LogP contribution in [-0.2, 0) is 6.54 Å². The molecule has 1 aliphatic heterocycles. The Balaban J connectivity index is 1.62. The minimum Gasteiger partial charge on any atom is -0.396 e. The van der Waals surface area contributed by atoms with Crippen molar-refractivity contribution in [3.05, 3.63) is 65.5 Å². The fourth-order valence-electron chi connectivity index (χ4n) is 3.11. The molecule has 0 unspecified atom stereocenters. The molecule has 0 saturated carbocycles. The number of carbonyl (C=O) groups is 1. The predicted octanol–water partition coefficient (Wildman–Crippen LogP) is 1.18. The summed E-state index contributed by atoms with van der Waals surface area (Å²) in [6, 6.07) is 14.3. The third-order valence-corrected chi connectivity index (χ3v) is 4.46. The highest BCUT2D eigenvalue weighted by molar-refractivity contribution is 5.94. The number of nitriles is 1. The number of rotatable bonds is 5. The first-order chi connectivity index (χ1) is 12.2. The van der Waals surface area contributed by atoms with Gasteiger partial charge in [-0.2, -0.15) is 5.26 Å². The van der Waals surface area contributed by atoms with E-state index in [0.717, 1.165) is 5.69 Å². The number of carbonyl (C=O) groups excluding carboxylic acids is 1. The molecule has 0 aliphatic carbocycles. The quantitative estimate of drug-likeness (QED) is 0.856. The van der Waals surface area contributed by atoms with Crippen molar-refractivity contribution >= 4 is 5.91 Å². The predicted molar refractivity (Wildman–Crippen MR) is 92.5 cm³/mol. The van der Waals surface area contributed by atoms with Crippen molar-refractivity contribution in [1.82, 2.24) is 15.2 Å². The fraction of sp³-hybridized carbons (Fsp3) is 0.316. The van der Waals surface area contributed by atoms with E-state index in [1.54, 1.807) is 30.5 Å². The van der Waals surface area contributed by atoms with Gasteiger partial charge in [-0.3, -0.25) is 14.7 Å².